The number of hydrogen-bond acceptors (Lipinski definition) is 4. The number of amidine groups is 1. The number of anilines is 1. The zero-order chi connectivity index (χ0) is 21.5. The van der Waals surface area contributed by atoms with Crippen molar-refractivity contribution in [2.24, 2.45) is 15.3 Å². The molecule has 3 aromatic carbocycles. The summed E-state index contributed by atoms with van der Waals surface area (Å²) < 4.78 is 0. The van der Waals surface area contributed by atoms with Crippen molar-refractivity contribution in [3.63, 3.8) is 0 Å². The van der Waals surface area contributed by atoms with Crippen molar-refractivity contribution in [3.05, 3.63) is 95.1 Å². The third-order valence-electron chi connectivity index (χ3n) is 4.51. The molecular weight excluding hydrogens is 374 g/mol. The summed E-state index contributed by atoms with van der Waals surface area (Å²) in [5.74, 6) is 0.0179. The molecule has 6 nitrogen and oxygen atoms in total. The maximum atomic E-state index is 12.4. The van der Waals surface area contributed by atoms with Crippen LogP contribution in [0.2, 0.25) is 0 Å². The minimum Gasteiger partial charge on any atom is -0.378 e. The molecule has 6 heteroatoms. The third-order valence-corrected chi connectivity index (χ3v) is 4.51. The number of carbonyl (C=O) groups excluding carboxylic acids is 1. The van der Waals surface area contributed by atoms with Crippen molar-refractivity contribution >= 4 is 23.1 Å². The standard InChI is InChI=1S/C24H25N5O/c1-17-5-9-20(10-6-17)24(30)28-27-23(19-11-15-22(16-12-19)29(3)4)26-25-21-13-7-18(2)8-14-21/h5-16H,1-4H3,(H,28,30)/b26-25?,27-23+. The Morgan fingerprint density at radius 3 is 1.87 bits per heavy atom. The largest absolute Gasteiger partial charge is 0.378 e. The van der Waals surface area contributed by atoms with Gasteiger partial charge in [-0.15, -0.1) is 15.3 Å². The summed E-state index contributed by atoms with van der Waals surface area (Å²) in [6.45, 7) is 3.99. The van der Waals surface area contributed by atoms with Crippen LogP contribution in [0.5, 0.6) is 0 Å². The van der Waals surface area contributed by atoms with Gasteiger partial charge in [-0.25, -0.2) is 5.43 Å². The van der Waals surface area contributed by atoms with Gasteiger partial charge in [-0.2, -0.15) is 0 Å². The second kappa shape index (κ2) is 9.60. The Morgan fingerprint density at radius 2 is 1.30 bits per heavy atom. The van der Waals surface area contributed by atoms with Gasteiger partial charge in [-0.3, -0.25) is 4.79 Å². The molecule has 152 valence electrons. The Labute approximate surface area is 177 Å². The van der Waals surface area contributed by atoms with E-state index in [9.17, 15) is 4.79 Å². The van der Waals surface area contributed by atoms with Crippen molar-refractivity contribution in [3.8, 4) is 0 Å². The zero-order valence-electron chi connectivity index (χ0n) is 17.6. The first kappa shape index (κ1) is 20.9. The van der Waals surface area contributed by atoms with Crippen LogP contribution in [-0.2, 0) is 0 Å². The van der Waals surface area contributed by atoms with Crippen LogP contribution in [0.4, 0.5) is 11.4 Å². The van der Waals surface area contributed by atoms with Crippen molar-refractivity contribution < 1.29 is 4.79 Å². The molecule has 0 heterocycles. The molecule has 0 aliphatic rings. The normalized spacial score (nSPS) is 11.5. The molecule has 30 heavy (non-hydrogen) atoms. The van der Waals surface area contributed by atoms with Crippen LogP contribution in [0, 0.1) is 13.8 Å². The summed E-state index contributed by atoms with van der Waals surface area (Å²) in [6.07, 6.45) is 0. The summed E-state index contributed by atoms with van der Waals surface area (Å²) in [4.78, 5) is 14.5. The van der Waals surface area contributed by atoms with E-state index in [0.29, 0.717) is 17.1 Å². The van der Waals surface area contributed by atoms with Crippen LogP contribution >= 0.6 is 0 Å². The van der Waals surface area contributed by atoms with Crippen molar-refractivity contribution in [2.75, 3.05) is 19.0 Å². The van der Waals surface area contributed by atoms with Gasteiger partial charge in [0.1, 0.15) is 0 Å². The highest BCUT2D eigenvalue weighted by atomic mass is 16.2. The van der Waals surface area contributed by atoms with Gasteiger partial charge in [-0.05, 0) is 62.4 Å². The minimum atomic E-state index is -0.303. The molecular formula is C24H25N5O. The monoisotopic (exact) mass is 399 g/mol. The van der Waals surface area contributed by atoms with Crippen LogP contribution < -0.4 is 10.3 Å². The molecule has 0 radical (unpaired) electrons. The number of nitrogens with zero attached hydrogens (tertiary/aromatic N) is 4. The Hall–Kier alpha value is -3.80. The van der Waals surface area contributed by atoms with E-state index >= 15 is 0 Å². The van der Waals surface area contributed by atoms with Gasteiger partial charge in [0.2, 0.25) is 5.84 Å². The molecule has 0 spiro atoms. The highest BCUT2D eigenvalue weighted by Gasteiger charge is 2.08. The molecule has 0 aromatic heterocycles. The lowest BCUT2D eigenvalue weighted by Crippen LogP contribution is -2.19. The molecule has 1 amide bonds. The fourth-order valence-corrected chi connectivity index (χ4v) is 2.64. The van der Waals surface area contributed by atoms with Crippen LogP contribution in [0.3, 0.4) is 0 Å². The van der Waals surface area contributed by atoms with E-state index in [-0.39, 0.29) is 5.91 Å². The first-order valence-corrected chi connectivity index (χ1v) is 9.63. The summed E-state index contributed by atoms with van der Waals surface area (Å²) >= 11 is 0. The maximum absolute atomic E-state index is 12.4. The van der Waals surface area contributed by atoms with E-state index in [0.717, 1.165) is 22.4 Å². The maximum Gasteiger partial charge on any atom is 0.271 e. The number of amides is 1. The van der Waals surface area contributed by atoms with Crippen molar-refractivity contribution in [1.29, 1.82) is 0 Å². The second-order valence-electron chi connectivity index (χ2n) is 7.22. The van der Waals surface area contributed by atoms with Crippen LogP contribution in [-0.4, -0.2) is 25.8 Å². The molecule has 3 rings (SSSR count). The second-order valence-corrected chi connectivity index (χ2v) is 7.22. The van der Waals surface area contributed by atoms with E-state index < -0.39 is 0 Å². The SMILES string of the molecule is Cc1ccc(N=N/C(=N/NC(=O)c2ccc(C)cc2)c2ccc(N(C)C)cc2)cc1. The molecule has 0 aliphatic carbocycles. The van der Waals surface area contributed by atoms with E-state index in [1.807, 2.05) is 93.5 Å². The molecule has 0 unspecified atom stereocenters. The van der Waals surface area contributed by atoms with Gasteiger partial charge in [-0.1, -0.05) is 35.4 Å². The number of hydrogen-bond donors (Lipinski definition) is 1. The van der Waals surface area contributed by atoms with Crippen LogP contribution in [0.1, 0.15) is 27.0 Å². The lowest BCUT2D eigenvalue weighted by molar-refractivity contribution is 0.0955. The lowest BCUT2D eigenvalue weighted by atomic mass is 10.1. The van der Waals surface area contributed by atoms with Gasteiger partial charge >= 0.3 is 0 Å². The quantitative estimate of drug-likeness (QED) is 0.276. The highest BCUT2D eigenvalue weighted by Crippen LogP contribution is 2.16. The first-order valence-electron chi connectivity index (χ1n) is 9.63. The third kappa shape index (κ3) is 5.61. The first-order chi connectivity index (χ1) is 14.4. The number of hydrazone groups is 1. The van der Waals surface area contributed by atoms with E-state index in [4.69, 9.17) is 0 Å². The van der Waals surface area contributed by atoms with Gasteiger partial charge in [0.05, 0.1) is 5.69 Å². The highest BCUT2D eigenvalue weighted by molar-refractivity contribution is 6.01. The molecule has 0 fully saturated rings. The minimum absolute atomic E-state index is 0.303. The zero-order valence-corrected chi connectivity index (χ0v) is 17.6. The number of nitrogens with one attached hydrogen (secondary N) is 1. The Morgan fingerprint density at radius 1 is 0.767 bits per heavy atom. The molecule has 0 saturated carbocycles. The van der Waals surface area contributed by atoms with E-state index in [1.165, 1.54) is 0 Å². The van der Waals surface area contributed by atoms with Gasteiger partial charge in [0, 0.05) is 30.9 Å². The predicted molar refractivity (Wildman–Crippen MR) is 122 cm³/mol. The molecule has 0 atom stereocenters. The number of rotatable bonds is 5. The van der Waals surface area contributed by atoms with Gasteiger partial charge in [0.25, 0.3) is 5.91 Å². The summed E-state index contributed by atoms with van der Waals surface area (Å²) in [7, 11) is 3.95. The fourth-order valence-electron chi connectivity index (χ4n) is 2.64. The predicted octanol–water partition coefficient (Wildman–Crippen LogP) is 5.24. The average Bonchev–Trinajstić information content (AvgIpc) is 2.75. The number of carbonyl (C=O) groups is 1. The molecule has 3 aromatic rings. The number of benzene rings is 3. The Balaban J connectivity index is 1.87. The van der Waals surface area contributed by atoms with Crippen LogP contribution in [0.15, 0.2) is 88.1 Å². The van der Waals surface area contributed by atoms with E-state index in [2.05, 4.69) is 20.8 Å². The molecule has 0 aliphatic heterocycles. The molecule has 0 bridgehead atoms. The average molecular weight is 399 g/mol. The summed E-state index contributed by atoms with van der Waals surface area (Å²) in [5.41, 5.74) is 7.86. The molecule has 0 saturated heterocycles. The van der Waals surface area contributed by atoms with Crippen molar-refractivity contribution in [1.82, 2.24) is 5.43 Å². The van der Waals surface area contributed by atoms with E-state index in [1.54, 1.807) is 12.1 Å². The Bertz CT molecular complexity index is 1050. The topological polar surface area (TPSA) is 69.4 Å². The fraction of sp³-hybridized carbons (Fsp3) is 0.167. The van der Waals surface area contributed by atoms with Gasteiger partial charge < -0.3 is 4.90 Å². The number of azo groups is 1. The molecule has 1 N–H and O–H groups in total. The summed E-state index contributed by atoms with van der Waals surface area (Å²) in [5, 5.41) is 12.8. The smallest absolute Gasteiger partial charge is 0.271 e. The van der Waals surface area contributed by atoms with Gasteiger partial charge in [0.15, 0.2) is 0 Å². The lowest BCUT2D eigenvalue weighted by Gasteiger charge is -2.12. The summed E-state index contributed by atoms with van der Waals surface area (Å²) in [6, 6.07) is 22.7. The van der Waals surface area contributed by atoms with Crippen molar-refractivity contribution in [2.45, 2.75) is 13.8 Å². The Kier molecular flexibility index (Phi) is 6.70. The number of aryl methyl sites for hydroxylation is 2. The van der Waals surface area contributed by atoms with Crippen LogP contribution in [0.25, 0.3) is 0 Å².